The Morgan fingerprint density at radius 3 is 1.39 bits per heavy atom. The standard InChI is InChI=1S/C15H24O4.C7H6O2/c1-13(2,17)9-7-10(14(3,4)18)12(16)11(8-9)15(5,6)19;8-7(9)6-4-2-1-3-5-6/h7-8,16-19H,1-6H3;1-5H,(H,8,9). The number of aromatic carboxylic acids is 1. The van der Waals surface area contributed by atoms with Gasteiger partial charge in [0, 0.05) is 11.1 Å². The molecule has 0 radical (unpaired) electrons. The first-order valence-corrected chi connectivity index (χ1v) is 8.89. The summed E-state index contributed by atoms with van der Waals surface area (Å²) < 4.78 is 0. The van der Waals surface area contributed by atoms with Crippen molar-refractivity contribution < 1.29 is 30.3 Å². The first-order valence-electron chi connectivity index (χ1n) is 8.89. The predicted octanol–water partition coefficient (Wildman–Crippen LogP) is 3.46. The molecule has 6 heteroatoms. The number of aliphatic hydroxyl groups is 3. The van der Waals surface area contributed by atoms with Gasteiger partial charge < -0.3 is 25.5 Å². The van der Waals surface area contributed by atoms with Gasteiger partial charge in [0.1, 0.15) is 5.75 Å². The number of carbonyl (C=O) groups is 1. The number of aromatic hydroxyl groups is 1. The van der Waals surface area contributed by atoms with Gasteiger partial charge in [0.25, 0.3) is 0 Å². The number of phenolic OH excluding ortho intramolecular Hbond substituents is 1. The van der Waals surface area contributed by atoms with Crippen molar-refractivity contribution >= 4 is 5.97 Å². The van der Waals surface area contributed by atoms with Crippen molar-refractivity contribution in [3.8, 4) is 5.75 Å². The maximum atomic E-state index is 10.2. The van der Waals surface area contributed by atoms with Crippen LogP contribution >= 0.6 is 0 Å². The average Bonchev–Trinajstić information content (AvgIpc) is 2.53. The summed E-state index contributed by atoms with van der Waals surface area (Å²) >= 11 is 0. The van der Waals surface area contributed by atoms with Gasteiger partial charge in [0.2, 0.25) is 0 Å². The van der Waals surface area contributed by atoms with Crippen LogP contribution in [0.25, 0.3) is 0 Å². The van der Waals surface area contributed by atoms with E-state index in [0.29, 0.717) is 11.1 Å². The summed E-state index contributed by atoms with van der Waals surface area (Å²) in [7, 11) is 0. The molecule has 0 aliphatic carbocycles. The Morgan fingerprint density at radius 1 is 0.750 bits per heavy atom. The van der Waals surface area contributed by atoms with Crippen LogP contribution in [0, 0.1) is 0 Å². The van der Waals surface area contributed by atoms with Crippen molar-refractivity contribution in [2.24, 2.45) is 0 Å². The van der Waals surface area contributed by atoms with Crippen LogP contribution in [0.4, 0.5) is 0 Å². The van der Waals surface area contributed by atoms with E-state index >= 15 is 0 Å². The molecule has 0 bridgehead atoms. The van der Waals surface area contributed by atoms with Crippen LogP contribution in [0.15, 0.2) is 42.5 Å². The summed E-state index contributed by atoms with van der Waals surface area (Å²) in [6.45, 7) is 9.41. The van der Waals surface area contributed by atoms with E-state index in [9.17, 15) is 25.2 Å². The first-order chi connectivity index (χ1) is 12.5. The van der Waals surface area contributed by atoms with Crippen LogP contribution in [-0.2, 0) is 16.8 Å². The fourth-order valence-corrected chi connectivity index (χ4v) is 2.50. The molecule has 2 aromatic carbocycles. The van der Waals surface area contributed by atoms with E-state index in [1.165, 1.54) is 0 Å². The van der Waals surface area contributed by atoms with Gasteiger partial charge in [-0.05, 0) is 71.4 Å². The van der Waals surface area contributed by atoms with Crippen molar-refractivity contribution in [1.29, 1.82) is 0 Å². The second-order valence-corrected chi connectivity index (χ2v) is 8.27. The van der Waals surface area contributed by atoms with E-state index in [2.05, 4.69) is 0 Å². The zero-order chi connectivity index (χ0) is 21.9. The number of rotatable bonds is 4. The molecule has 0 atom stereocenters. The van der Waals surface area contributed by atoms with Gasteiger partial charge in [0.05, 0.1) is 22.4 Å². The average molecular weight is 390 g/mol. The molecule has 0 spiro atoms. The van der Waals surface area contributed by atoms with Gasteiger partial charge in [0.15, 0.2) is 0 Å². The SMILES string of the molecule is CC(C)(O)c1cc(C(C)(C)O)c(O)c(C(C)(C)O)c1.O=C(O)c1ccccc1. The Hall–Kier alpha value is -2.41. The summed E-state index contributed by atoms with van der Waals surface area (Å²) in [5, 5.41) is 49.0. The predicted molar refractivity (Wildman–Crippen MR) is 107 cm³/mol. The highest BCUT2D eigenvalue weighted by atomic mass is 16.4. The molecule has 154 valence electrons. The molecule has 0 aliphatic heterocycles. The van der Waals surface area contributed by atoms with Crippen LogP contribution in [0.2, 0.25) is 0 Å². The summed E-state index contributed by atoms with van der Waals surface area (Å²) in [6, 6.07) is 11.4. The second kappa shape index (κ2) is 8.31. The van der Waals surface area contributed by atoms with Crippen molar-refractivity contribution in [3.05, 3.63) is 64.7 Å². The molecule has 0 unspecified atom stereocenters. The molecule has 28 heavy (non-hydrogen) atoms. The van der Waals surface area contributed by atoms with Crippen molar-refractivity contribution in [2.75, 3.05) is 0 Å². The summed E-state index contributed by atoms with van der Waals surface area (Å²) in [5.41, 5.74) is -2.25. The molecule has 2 aromatic rings. The van der Waals surface area contributed by atoms with Crippen LogP contribution in [0.3, 0.4) is 0 Å². The zero-order valence-electron chi connectivity index (χ0n) is 17.2. The fraction of sp³-hybridized carbons (Fsp3) is 0.409. The third kappa shape index (κ3) is 6.34. The van der Waals surface area contributed by atoms with Crippen molar-refractivity contribution in [1.82, 2.24) is 0 Å². The number of benzene rings is 2. The largest absolute Gasteiger partial charge is 0.507 e. The van der Waals surface area contributed by atoms with E-state index in [4.69, 9.17) is 5.11 Å². The third-order valence-electron chi connectivity index (χ3n) is 4.16. The lowest BCUT2D eigenvalue weighted by molar-refractivity contribution is 0.0608. The Morgan fingerprint density at radius 2 is 1.14 bits per heavy atom. The number of hydrogen-bond acceptors (Lipinski definition) is 5. The van der Waals surface area contributed by atoms with Crippen LogP contribution in [-0.4, -0.2) is 31.5 Å². The quantitative estimate of drug-likeness (QED) is 0.546. The molecular weight excluding hydrogens is 360 g/mol. The molecule has 0 heterocycles. The van der Waals surface area contributed by atoms with Gasteiger partial charge in [-0.3, -0.25) is 0 Å². The number of carboxylic acid groups (broad SMARTS) is 1. The molecule has 2 rings (SSSR count). The molecular formula is C22H30O6. The fourth-order valence-electron chi connectivity index (χ4n) is 2.50. The molecule has 0 amide bonds. The number of carboxylic acids is 1. The van der Waals surface area contributed by atoms with Crippen LogP contribution in [0.1, 0.15) is 68.6 Å². The summed E-state index contributed by atoms with van der Waals surface area (Å²) in [6.07, 6.45) is 0. The maximum absolute atomic E-state index is 10.2. The number of hydrogen-bond donors (Lipinski definition) is 5. The van der Waals surface area contributed by atoms with Crippen molar-refractivity contribution in [3.63, 3.8) is 0 Å². The van der Waals surface area contributed by atoms with Gasteiger partial charge >= 0.3 is 5.97 Å². The molecule has 0 aliphatic rings. The Balaban J connectivity index is 0.000000362. The van der Waals surface area contributed by atoms with E-state index in [0.717, 1.165) is 0 Å². The molecule has 0 fully saturated rings. The van der Waals surface area contributed by atoms with E-state index in [1.54, 1.807) is 84.0 Å². The van der Waals surface area contributed by atoms with Gasteiger partial charge in [-0.1, -0.05) is 18.2 Å². The second-order valence-electron chi connectivity index (χ2n) is 8.27. The van der Waals surface area contributed by atoms with E-state index in [-0.39, 0.29) is 16.9 Å². The highest BCUT2D eigenvalue weighted by Gasteiger charge is 2.31. The number of phenols is 1. The highest BCUT2D eigenvalue weighted by molar-refractivity contribution is 5.87. The maximum Gasteiger partial charge on any atom is 0.335 e. The minimum Gasteiger partial charge on any atom is -0.507 e. The Kier molecular flexibility index (Phi) is 7.01. The highest BCUT2D eigenvalue weighted by Crippen LogP contribution is 2.40. The van der Waals surface area contributed by atoms with Gasteiger partial charge in [-0.15, -0.1) is 0 Å². The van der Waals surface area contributed by atoms with Crippen molar-refractivity contribution in [2.45, 2.75) is 58.3 Å². The minimum absolute atomic E-state index is 0.145. The Bertz CT molecular complexity index is 771. The monoisotopic (exact) mass is 390 g/mol. The van der Waals surface area contributed by atoms with E-state index in [1.807, 2.05) is 0 Å². The zero-order valence-corrected chi connectivity index (χ0v) is 17.2. The van der Waals surface area contributed by atoms with Gasteiger partial charge in [-0.25, -0.2) is 4.79 Å². The first kappa shape index (κ1) is 23.6. The normalized spacial score (nSPS) is 12.2. The lowest BCUT2D eigenvalue weighted by Crippen LogP contribution is -2.24. The van der Waals surface area contributed by atoms with E-state index < -0.39 is 22.8 Å². The Labute approximate surface area is 165 Å². The lowest BCUT2D eigenvalue weighted by Gasteiger charge is -2.29. The van der Waals surface area contributed by atoms with Crippen LogP contribution in [0.5, 0.6) is 5.75 Å². The smallest absolute Gasteiger partial charge is 0.335 e. The lowest BCUT2D eigenvalue weighted by atomic mass is 9.84. The van der Waals surface area contributed by atoms with Crippen LogP contribution < -0.4 is 0 Å². The third-order valence-corrected chi connectivity index (χ3v) is 4.16. The molecule has 0 saturated carbocycles. The minimum atomic E-state index is -1.27. The molecule has 6 nitrogen and oxygen atoms in total. The van der Waals surface area contributed by atoms with Gasteiger partial charge in [-0.2, -0.15) is 0 Å². The molecule has 0 aromatic heterocycles. The molecule has 0 saturated heterocycles. The summed E-state index contributed by atoms with van der Waals surface area (Å²) in [5.74, 6) is -1.02. The topological polar surface area (TPSA) is 118 Å². The molecule has 5 N–H and O–H groups in total. The summed E-state index contributed by atoms with van der Waals surface area (Å²) in [4.78, 5) is 10.2.